The van der Waals surface area contributed by atoms with Crippen LogP contribution >= 0.6 is 23.2 Å². The molecule has 0 aromatic heterocycles. The molecule has 8 rings (SSSR count). The zero-order valence-electron chi connectivity index (χ0n) is 28.7. The summed E-state index contributed by atoms with van der Waals surface area (Å²) in [6, 6.07) is 18.1. The number of carbonyl (C=O) groups excluding carboxylic acids is 5. The number of benzene rings is 4. The number of phenols is 1. The second-order valence-corrected chi connectivity index (χ2v) is 15.1. The van der Waals surface area contributed by atoms with Crippen molar-refractivity contribution in [3.8, 4) is 11.5 Å². The standard InChI is InChI=1S/C40H25Cl2F5N2O7/c1-56-24-9-5-8-23(50)26(24)27-20-14-15-21-25(36(53)48(35(21)52)19-12-10-18(11-13-19)34(51)17-6-3-2-4-7-17)22(20)16-39(41)37(54)49(38(55)40(27,39)42)33-31(46)29(44)28(43)30(45)32(33)47/h2-14,21-22,25,27,50H,15-16H2,1H3/t21-,22+,25-,27+,39+,40-/m0/s1. The highest BCUT2D eigenvalue weighted by atomic mass is 35.5. The molecule has 6 atom stereocenters. The fourth-order valence-corrected chi connectivity index (χ4v) is 9.58. The number of allylic oxidation sites excluding steroid dienone is 2. The molecule has 286 valence electrons. The lowest BCUT2D eigenvalue weighted by Crippen LogP contribution is -2.60. The summed E-state index contributed by atoms with van der Waals surface area (Å²) in [7, 11) is 1.21. The average molecular weight is 812 g/mol. The van der Waals surface area contributed by atoms with Crippen molar-refractivity contribution < 1.29 is 55.8 Å². The maximum Gasteiger partial charge on any atom is 0.258 e. The summed E-state index contributed by atoms with van der Waals surface area (Å²) < 4.78 is 79.3. The number of rotatable bonds is 6. The van der Waals surface area contributed by atoms with E-state index in [0.29, 0.717) is 5.56 Å². The summed E-state index contributed by atoms with van der Waals surface area (Å²) in [5.74, 6) is -23.5. The van der Waals surface area contributed by atoms with E-state index in [1.807, 2.05) is 0 Å². The van der Waals surface area contributed by atoms with E-state index in [4.69, 9.17) is 27.9 Å². The molecule has 4 aromatic rings. The topological polar surface area (TPSA) is 121 Å². The van der Waals surface area contributed by atoms with E-state index >= 15 is 8.78 Å². The Hall–Kier alpha value is -5.60. The number of nitrogens with zero attached hydrogens (tertiary/aromatic N) is 2. The minimum absolute atomic E-state index is 0.103. The van der Waals surface area contributed by atoms with Gasteiger partial charge in [0, 0.05) is 22.6 Å². The highest BCUT2D eigenvalue weighted by molar-refractivity contribution is 6.58. The number of phenolic OH excluding ortho intramolecular Hbond substituents is 1. The van der Waals surface area contributed by atoms with Crippen LogP contribution in [0.5, 0.6) is 11.5 Å². The van der Waals surface area contributed by atoms with Crippen molar-refractivity contribution in [3.63, 3.8) is 0 Å². The van der Waals surface area contributed by atoms with Gasteiger partial charge in [0.1, 0.15) is 17.2 Å². The monoisotopic (exact) mass is 810 g/mol. The molecular formula is C40H25Cl2F5N2O7. The number of amides is 4. The highest BCUT2D eigenvalue weighted by Gasteiger charge is 2.77. The number of halogens is 7. The molecule has 2 aliphatic carbocycles. The predicted octanol–water partition coefficient (Wildman–Crippen LogP) is 7.10. The molecule has 3 fully saturated rings. The summed E-state index contributed by atoms with van der Waals surface area (Å²) in [5.41, 5.74) is -1.22. The van der Waals surface area contributed by atoms with Gasteiger partial charge in [0.15, 0.2) is 38.8 Å². The molecule has 4 aliphatic rings. The molecule has 0 spiro atoms. The van der Waals surface area contributed by atoms with Gasteiger partial charge >= 0.3 is 0 Å². The molecular weight excluding hydrogens is 786 g/mol. The second-order valence-electron chi connectivity index (χ2n) is 13.8. The number of imide groups is 2. The summed E-state index contributed by atoms with van der Waals surface area (Å²) in [6.45, 7) is 0. The Morgan fingerprint density at radius 1 is 0.750 bits per heavy atom. The molecule has 1 N–H and O–H groups in total. The van der Waals surface area contributed by atoms with Crippen LogP contribution < -0.4 is 14.5 Å². The van der Waals surface area contributed by atoms with Gasteiger partial charge in [-0.2, -0.15) is 0 Å². The van der Waals surface area contributed by atoms with Gasteiger partial charge in [-0.05, 0) is 55.2 Å². The number of ether oxygens (including phenoxy) is 1. The molecule has 9 nitrogen and oxygen atoms in total. The van der Waals surface area contributed by atoms with Crippen molar-refractivity contribution >= 4 is 64.0 Å². The third kappa shape index (κ3) is 4.87. The summed E-state index contributed by atoms with van der Waals surface area (Å²) in [6.07, 6.45) is 0.643. The molecule has 4 amide bonds. The summed E-state index contributed by atoms with van der Waals surface area (Å²) >= 11 is 14.3. The normalized spacial score (nSPS) is 26.9. The van der Waals surface area contributed by atoms with E-state index in [0.717, 1.165) is 4.90 Å². The number of fused-ring (bicyclic) bond motifs is 4. The van der Waals surface area contributed by atoms with Crippen LogP contribution in [0.25, 0.3) is 0 Å². The van der Waals surface area contributed by atoms with Gasteiger partial charge in [-0.25, -0.2) is 26.9 Å². The van der Waals surface area contributed by atoms with Crippen molar-refractivity contribution in [1.29, 1.82) is 0 Å². The Bertz CT molecular complexity index is 2440. The number of hydrogen-bond donors (Lipinski definition) is 1. The summed E-state index contributed by atoms with van der Waals surface area (Å²) in [4.78, 5) is 65.4. The van der Waals surface area contributed by atoms with Crippen molar-refractivity contribution in [2.24, 2.45) is 17.8 Å². The zero-order chi connectivity index (χ0) is 40.2. The Balaban J connectivity index is 1.26. The Labute approximate surface area is 323 Å². The first kappa shape index (κ1) is 37.3. The van der Waals surface area contributed by atoms with E-state index in [9.17, 15) is 42.3 Å². The molecule has 0 radical (unpaired) electrons. The smallest absolute Gasteiger partial charge is 0.258 e. The predicted molar refractivity (Wildman–Crippen MR) is 190 cm³/mol. The van der Waals surface area contributed by atoms with E-state index in [2.05, 4.69) is 0 Å². The first-order valence-electron chi connectivity index (χ1n) is 17.0. The van der Waals surface area contributed by atoms with Gasteiger partial charge in [-0.15, -0.1) is 23.2 Å². The molecule has 2 aliphatic heterocycles. The Kier molecular flexibility index (Phi) is 8.66. The average Bonchev–Trinajstić information content (AvgIpc) is 3.54. The van der Waals surface area contributed by atoms with Crippen molar-refractivity contribution in [2.75, 3.05) is 16.9 Å². The van der Waals surface area contributed by atoms with Gasteiger partial charge in [0.25, 0.3) is 11.8 Å². The lowest BCUT2D eigenvalue weighted by molar-refractivity contribution is -0.125. The van der Waals surface area contributed by atoms with Crippen LogP contribution in [0.2, 0.25) is 0 Å². The van der Waals surface area contributed by atoms with Gasteiger partial charge in [0.2, 0.25) is 17.6 Å². The number of alkyl halides is 2. The van der Waals surface area contributed by atoms with E-state index in [1.54, 1.807) is 30.3 Å². The van der Waals surface area contributed by atoms with E-state index in [-0.39, 0.29) is 45.2 Å². The second kappa shape index (κ2) is 13.0. The van der Waals surface area contributed by atoms with Gasteiger partial charge in [-0.3, -0.25) is 28.9 Å². The first-order valence-corrected chi connectivity index (χ1v) is 17.8. The molecule has 16 heteroatoms. The molecule has 2 saturated heterocycles. The number of methoxy groups -OCH3 is 1. The molecule has 1 saturated carbocycles. The van der Waals surface area contributed by atoms with Crippen molar-refractivity contribution in [3.05, 3.63) is 130 Å². The maximum absolute atomic E-state index is 15.3. The van der Waals surface area contributed by atoms with Crippen LogP contribution in [0.3, 0.4) is 0 Å². The lowest BCUT2D eigenvalue weighted by atomic mass is 9.56. The summed E-state index contributed by atoms with van der Waals surface area (Å²) in [5, 5.41) is 11.3. The zero-order valence-corrected chi connectivity index (χ0v) is 30.2. The minimum Gasteiger partial charge on any atom is -0.508 e. The lowest BCUT2D eigenvalue weighted by Gasteiger charge is -2.50. The maximum atomic E-state index is 15.3. The van der Waals surface area contributed by atoms with Crippen molar-refractivity contribution in [2.45, 2.75) is 28.5 Å². The Morgan fingerprint density at radius 2 is 1.36 bits per heavy atom. The van der Waals surface area contributed by atoms with Crippen LogP contribution in [0, 0.1) is 46.8 Å². The number of aromatic hydroxyl groups is 1. The van der Waals surface area contributed by atoms with E-state index in [1.165, 1.54) is 55.7 Å². The van der Waals surface area contributed by atoms with Crippen LogP contribution in [0.4, 0.5) is 33.3 Å². The number of hydrogen-bond acceptors (Lipinski definition) is 7. The van der Waals surface area contributed by atoms with Crippen LogP contribution in [0.15, 0.2) is 84.4 Å². The molecule has 0 unspecified atom stereocenters. The Morgan fingerprint density at radius 3 is 1.98 bits per heavy atom. The molecule has 0 bridgehead atoms. The van der Waals surface area contributed by atoms with Gasteiger partial charge < -0.3 is 9.84 Å². The highest BCUT2D eigenvalue weighted by Crippen LogP contribution is 2.67. The largest absolute Gasteiger partial charge is 0.508 e. The SMILES string of the molecule is COc1cccc(O)c1[C@H]1C2=CC[C@@H]3C(=O)N(c4ccc(C(=O)c5ccccc5)cc4)C(=O)[C@@H]3[C@@H]2C[C@@]2(Cl)C(=O)N(c3c(F)c(F)c(F)c(F)c3F)C(=O)[C@@]12Cl. The molecule has 4 aromatic carbocycles. The quantitative estimate of drug-likeness (QED) is 0.0420. The molecule has 2 heterocycles. The van der Waals surface area contributed by atoms with Gasteiger partial charge in [-0.1, -0.05) is 48.0 Å². The number of anilines is 2. The van der Waals surface area contributed by atoms with Crippen LogP contribution in [0.1, 0.15) is 40.2 Å². The molecule has 56 heavy (non-hydrogen) atoms. The van der Waals surface area contributed by atoms with E-state index < -0.39 is 104 Å². The number of carbonyl (C=O) groups is 5. The van der Waals surface area contributed by atoms with Crippen LogP contribution in [-0.2, 0) is 19.2 Å². The number of ketones is 1. The third-order valence-electron chi connectivity index (χ3n) is 11.2. The van der Waals surface area contributed by atoms with Crippen LogP contribution in [-0.4, -0.2) is 51.4 Å². The fourth-order valence-electron chi connectivity index (χ4n) is 8.66. The van der Waals surface area contributed by atoms with Gasteiger partial charge in [0.05, 0.1) is 24.6 Å². The minimum atomic E-state index is -2.85. The third-order valence-corrected chi connectivity index (χ3v) is 12.6. The fraction of sp³-hybridized carbons (Fsp3) is 0.225. The first-order chi connectivity index (χ1) is 26.6. The van der Waals surface area contributed by atoms with Crippen molar-refractivity contribution in [1.82, 2.24) is 0 Å².